The monoisotopic (exact) mass is 207 g/mol. The largest absolute Gasteiger partial charge is 0.310 e. The number of aromatic nitrogens is 2. The van der Waals surface area contributed by atoms with Crippen molar-refractivity contribution in [2.75, 3.05) is 0 Å². The summed E-state index contributed by atoms with van der Waals surface area (Å²) in [6.07, 6.45) is 7.92. The number of hydrogen-bond donors (Lipinski definition) is 1. The summed E-state index contributed by atoms with van der Waals surface area (Å²) in [7, 11) is 0. The van der Waals surface area contributed by atoms with Crippen molar-refractivity contribution in [2.24, 2.45) is 5.92 Å². The Labute approximate surface area is 91.9 Å². The van der Waals surface area contributed by atoms with E-state index in [0.717, 1.165) is 18.5 Å². The molecule has 1 heterocycles. The second-order valence-electron chi connectivity index (χ2n) is 4.91. The zero-order chi connectivity index (χ0) is 10.7. The quantitative estimate of drug-likeness (QED) is 0.819. The molecule has 1 aliphatic carbocycles. The van der Waals surface area contributed by atoms with Gasteiger partial charge in [0.2, 0.25) is 0 Å². The Morgan fingerprint density at radius 1 is 1.53 bits per heavy atom. The van der Waals surface area contributed by atoms with E-state index in [1.54, 1.807) is 0 Å². The molecule has 0 aromatic carbocycles. The van der Waals surface area contributed by atoms with E-state index in [0.29, 0.717) is 6.04 Å². The van der Waals surface area contributed by atoms with Gasteiger partial charge in [0.1, 0.15) is 0 Å². The first-order chi connectivity index (χ1) is 7.24. The average Bonchev–Trinajstić information content (AvgIpc) is 2.77. The number of nitrogens with zero attached hydrogens (tertiary/aromatic N) is 2. The maximum absolute atomic E-state index is 4.22. The third-order valence-corrected chi connectivity index (χ3v) is 3.24. The Morgan fingerprint density at radius 3 is 3.00 bits per heavy atom. The molecular formula is C12H21N3. The van der Waals surface area contributed by atoms with Gasteiger partial charge in [-0.1, -0.05) is 6.92 Å². The van der Waals surface area contributed by atoms with Crippen LogP contribution < -0.4 is 5.32 Å². The highest BCUT2D eigenvalue weighted by Gasteiger charge is 2.22. The van der Waals surface area contributed by atoms with Crippen molar-refractivity contribution in [3.8, 4) is 0 Å². The summed E-state index contributed by atoms with van der Waals surface area (Å²) in [5, 5.41) is 7.91. The lowest BCUT2D eigenvalue weighted by Gasteiger charge is -2.19. The maximum atomic E-state index is 4.22. The standard InChI is InChI=1S/C12H21N3/c1-10-4-5-12(8-10)14-11(2)9-15-7-3-6-13-15/h3,6-7,10-12,14H,4-5,8-9H2,1-2H3. The van der Waals surface area contributed by atoms with E-state index >= 15 is 0 Å². The summed E-state index contributed by atoms with van der Waals surface area (Å²) in [5.74, 6) is 0.902. The molecule has 3 atom stereocenters. The third kappa shape index (κ3) is 3.06. The van der Waals surface area contributed by atoms with E-state index in [1.165, 1.54) is 19.3 Å². The van der Waals surface area contributed by atoms with Crippen LogP contribution >= 0.6 is 0 Å². The van der Waals surface area contributed by atoms with E-state index in [4.69, 9.17) is 0 Å². The van der Waals surface area contributed by atoms with Crippen LogP contribution in [0.1, 0.15) is 33.1 Å². The second-order valence-corrected chi connectivity index (χ2v) is 4.91. The number of nitrogens with one attached hydrogen (secondary N) is 1. The third-order valence-electron chi connectivity index (χ3n) is 3.24. The van der Waals surface area contributed by atoms with Gasteiger partial charge in [0.05, 0.1) is 6.54 Å². The van der Waals surface area contributed by atoms with Crippen LogP contribution in [0.3, 0.4) is 0 Å². The molecule has 1 saturated carbocycles. The zero-order valence-corrected chi connectivity index (χ0v) is 9.69. The molecule has 0 bridgehead atoms. The molecule has 1 fully saturated rings. The molecular weight excluding hydrogens is 186 g/mol. The Balaban J connectivity index is 1.75. The lowest BCUT2D eigenvalue weighted by atomic mass is 10.1. The molecule has 3 heteroatoms. The highest BCUT2D eigenvalue weighted by molar-refractivity contribution is 4.82. The lowest BCUT2D eigenvalue weighted by Crippen LogP contribution is -2.37. The SMILES string of the molecule is CC1CCC(NC(C)Cn2cccn2)C1. The fraction of sp³-hybridized carbons (Fsp3) is 0.750. The van der Waals surface area contributed by atoms with Crippen LogP contribution in [0.4, 0.5) is 0 Å². The van der Waals surface area contributed by atoms with Gasteiger partial charge < -0.3 is 5.32 Å². The van der Waals surface area contributed by atoms with Gasteiger partial charge in [-0.05, 0) is 38.2 Å². The molecule has 1 aromatic heterocycles. The summed E-state index contributed by atoms with van der Waals surface area (Å²) in [5.41, 5.74) is 0. The van der Waals surface area contributed by atoms with Crippen molar-refractivity contribution < 1.29 is 0 Å². The van der Waals surface area contributed by atoms with Crippen LogP contribution in [0.5, 0.6) is 0 Å². The lowest BCUT2D eigenvalue weighted by molar-refractivity contribution is 0.391. The first-order valence-corrected chi connectivity index (χ1v) is 5.97. The summed E-state index contributed by atoms with van der Waals surface area (Å²) < 4.78 is 2.00. The fourth-order valence-electron chi connectivity index (χ4n) is 2.50. The molecule has 1 aliphatic rings. The van der Waals surface area contributed by atoms with Gasteiger partial charge >= 0.3 is 0 Å². The van der Waals surface area contributed by atoms with Crippen molar-refractivity contribution in [1.82, 2.24) is 15.1 Å². The minimum Gasteiger partial charge on any atom is -0.310 e. The summed E-state index contributed by atoms with van der Waals surface area (Å²) in [6, 6.07) is 3.22. The molecule has 0 saturated heterocycles. The van der Waals surface area contributed by atoms with E-state index in [1.807, 2.05) is 23.1 Å². The molecule has 1 aromatic rings. The van der Waals surface area contributed by atoms with Crippen molar-refractivity contribution in [3.63, 3.8) is 0 Å². The Morgan fingerprint density at radius 2 is 2.40 bits per heavy atom. The van der Waals surface area contributed by atoms with Crippen molar-refractivity contribution >= 4 is 0 Å². The van der Waals surface area contributed by atoms with E-state index in [9.17, 15) is 0 Å². The molecule has 0 radical (unpaired) electrons. The van der Waals surface area contributed by atoms with Gasteiger partial charge in [0.15, 0.2) is 0 Å². The van der Waals surface area contributed by atoms with Crippen molar-refractivity contribution in [3.05, 3.63) is 18.5 Å². The molecule has 0 spiro atoms. The molecule has 0 amide bonds. The topological polar surface area (TPSA) is 29.9 Å². The van der Waals surface area contributed by atoms with Crippen LogP contribution in [0, 0.1) is 5.92 Å². The van der Waals surface area contributed by atoms with Crippen LogP contribution in [0.15, 0.2) is 18.5 Å². The Bertz CT molecular complexity index is 281. The molecule has 84 valence electrons. The number of rotatable bonds is 4. The van der Waals surface area contributed by atoms with Gasteiger partial charge in [-0.2, -0.15) is 5.10 Å². The van der Waals surface area contributed by atoms with Crippen LogP contribution in [0.2, 0.25) is 0 Å². The summed E-state index contributed by atoms with van der Waals surface area (Å²) in [6.45, 7) is 5.56. The van der Waals surface area contributed by atoms with Gasteiger partial charge in [-0.3, -0.25) is 4.68 Å². The summed E-state index contributed by atoms with van der Waals surface area (Å²) in [4.78, 5) is 0. The first-order valence-electron chi connectivity index (χ1n) is 5.97. The molecule has 3 nitrogen and oxygen atoms in total. The van der Waals surface area contributed by atoms with Gasteiger partial charge in [0.25, 0.3) is 0 Å². The first kappa shape index (κ1) is 10.7. The minimum absolute atomic E-state index is 0.514. The second kappa shape index (κ2) is 4.79. The average molecular weight is 207 g/mol. The van der Waals surface area contributed by atoms with Crippen molar-refractivity contribution in [2.45, 2.75) is 51.7 Å². The predicted molar refractivity (Wildman–Crippen MR) is 61.6 cm³/mol. The number of hydrogen-bond acceptors (Lipinski definition) is 2. The van der Waals surface area contributed by atoms with E-state index in [2.05, 4.69) is 24.3 Å². The van der Waals surface area contributed by atoms with Crippen LogP contribution in [0.25, 0.3) is 0 Å². The fourth-order valence-corrected chi connectivity index (χ4v) is 2.50. The highest BCUT2D eigenvalue weighted by Crippen LogP contribution is 2.24. The van der Waals surface area contributed by atoms with Gasteiger partial charge in [-0.25, -0.2) is 0 Å². The Hall–Kier alpha value is -0.830. The zero-order valence-electron chi connectivity index (χ0n) is 9.69. The minimum atomic E-state index is 0.514. The van der Waals surface area contributed by atoms with Crippen LogP contribution in [-0.2, 0) is 6.54 Å². The molecule has 3 unspecified atom stereocenters. The molecule has 15 heavy (non-hydrogen) atoms. The molecule has 0 aliphatic heterocycles. The molecule has 1 N–H and O–H groups in total. The maximum Gasteiger partial charge on any atom is 0.0560 e. The summed E-state index contributed by atoms with van der Waals surface area (Å²) >= 11 is 0. The Kier molecular flexibility index (Phi) is 3.41. The van der Waals surface area contributed by atoms with E-state index in [-0.39, 0.29) is 0 Å². The normalized spacial score (nSPS) is 28.1. The molecule has 2 rings (SSSR count). The van der Waals surface area contributed by atoms with Crippen molar-refractivity contribution in [1.29, 1.82) is 0 Å². The van der Waals surface area contributed by atoms with Gasteiger partial charge in [0, 0.05) is 24.5 Å². The predicted octanol–water partition coefficient (Wildman–Crippen LogP) is 2.05. The smallest absolute Gasteiger partial charge is 0.0560 e. The van der Waals surface area contributed by atoms with Crippen LogP contribution in [-0.4, -0.2) is 21.9 Å². The highest BCUT2D eigenvalue weighted by atomic mass is 15.3. The van der Waals surface area contributed by atoms with E-state index < -0.39 is 0 Å². The van der Waals surface area contributed by atoms with Gasteiger partial charge in [-0.15, -0.1) is 0 Å².